The summed E-state index contributed by atoms with van der Waals surface area (Å²) in [6.07, 6.45) is 0.0344. The fourth-order valence-corrected chi connectivity index (χ4v) is 4.58. The summed E-state index contributed by atoms with van der Waals surface area (Å²) in [5.74, 6) is 2.00. The van der Waals surface area contributed by atoms with Crippen molar-refractivity contribution in [3.05, 3.63) is 47.8 Å². The molecular weight excluding hydrogens is 364 g/mol. The third-order valence-corrected chi connectivity index (χ3v) is 6.16. The molecule has 1 fully saturated rings. The summed E-state index contributed by atoms with van der Waals surface area (Å²) < 4.78 is 32.6. The van der Waals surface area contributed by atoms with Crippen molar-refractivity contribution >= 4 is 15.8 Å². The molecule has 0 unspecified atom stereocenters. The Morgan fingerprint density at radius 1 is 1.07 bits per heavy atom. The normalized spacial score (nSPS) is 15.9. The van der Waals surface area contributed by atoms with Crippen LogP contribution in [0, 0.1) is 6.92 Å². The minimum atomic E-state index is -3.33. The molecule has 146 valence electrons. The SMILES string of the molecule is Cc1nc(OC(C)C)cc(N2CCN(S(=O)(=O)Cc3ccccc3)CC2)n1. The molecule has 1 aliphatic heterocycles. The van der Waals surface area contributed by atoms with Crippen LogP contribution in [0.15, 0.2) is 36.4 Å². The molecule has 0 radical (unpaired) electrons. The Labute approximate surface area is 161 Å². The number of hydrogen-bond donors (Lipinski definition) is 0. The van der Waals surface area contributed by atoms with Crippen LogP contribution in [0.3, 0.4) is 0 Å². The van der Waals surface area contributed by atoms with Crippen LogP contribution in [0.25, 0.3) is 0 Å². The van der Waals surface area contributed by atoms with Crippen molar-refractivity contribution in [2.45, 2.75) is 32.6 Å². The van der Waals surface area contributed by atoms with Crippen LogP contribution >= 0.6 is 0 Å². The highest BCUT2D eigenvalue weighted by Crippen LogP contribution is 2.21. The van der Waals surface area contributed by atoms with Gasteiger partial charge in [0, 0.05) is 32.2 Å². The predicted octanol–water partition coefficient (Wildman–Crippen LogP) is 2.22. The third-order valence-electron chi connectivity index (χ3n) is 4.31. The van der Waals surface area contributed by atoms with Crippen LogP contribution in [0.5, 0.6) is 5.88 Å². The van der Waals surface area contributed by atoms with E-state index in [1.165, 1.54) is 0 Å². The minimum absolute atomic E-state index is 0.0344. The summed E-state index contributed by atoms with van der Waals surface area (Å²) in [7, 11) is -3.33. The molecule has 2 aromatic rings. The summed E-state index contributed by atoms with van der Waals surface area (Å²) >= 11 is 0. The summed E-state index contributed by atoms with van der Waals surface area (Å²) in [5.41, 5.74) is 0.807. The molecule has 2 heterocycles. The Bertz CT molecular complexity index is 864. The van der Waals surface area contributed by atoms with Crippen molar-refractivity contribution in [3.8, 4) is 5.88 Å². The monoisotopic (exact) mass is 390 g/mol. The maximum atomic E-state index is 12.7. The number of ether oxygens (including phenoxy) is 1. The summed E-state index contributed by atoms with van der Waals surface area (Å²) in [4.78, 5) is 10.9. The lowest BCUT2D eigenvalue weighted by Gasteiger charge is -2.34. The van der Waals surface area contributed by atoms with Gasteiger partial charge in [0.15, 0.2) is 0 Å². The Hall–Kier alpha value is -2.19. The molecule has 0 aliphatic carbocycles. The van der Waals surface area contributed by atoms with Gasteiger partial charge in [-0.3, -0.25) is 0 Å². The Kier molecular flexibility index (Phi) is 5.96. The topological polar surface area (TPSA) is 75.6 Å². The van der Waals surface area contributed by atoms with Crippen molar-refractivity contribution in [1.82, 2.24) is 14.3 Å². The van der Waals surface area contributed by atoms with E-state index in [0.29, 0.717) is 37.9 Å². The summed E-state index contributed by atoms with van der Waals surface area (Å²) in [6, 6.07) is 11.1. The van der Waals surface area contributed by atoms with Gasteiger partial charge in [-0.1, -0.05) is 30.3 Å². The highest BCUT2D eigenvalue weighted by Gasteiger charge is 2.28. The van der Waals surface area contributed by atoms with Crippen molar-refractivity contribution < 1.29 is 13.2 Å². The highest BCUT2D eigenvalue weighted by molar-refractivity contribution is 7.88. The van der Waals surface area contributed by atoms with Gasteiger partial charge in [0.05, 0.1) is 11.9 Å². The quantitative estimate of drug-likeness (QED) is 0.753. The molecule has 27 heavy (non-hydrogen) atoms. The van der Waals surface area contributed by atoms with Crippen molar-refractivity contribution in [3.63, 3.8) is 0 Å². The van der Waals surface area contributed by atoms with E-state index in [1.807, 2.05) is 57.2 Å². The second-order valence-electron chi connectivity index (χ2n) is 6.91. The van der Waals surface area contributed by atoms with Crippen LogP contribution in [0.1, 0.15) is 25.2 Å². The number of hydrogen-bond acceptors (Lipinski definition) is 6. The molecule has 8 heteroatoms. The molecule has 0 bridgehead atoms. The maximum Gasteiger partial charge on any atom is 0.218 e. The number of nitrogens with zero attached hydrogens (tertiary/aromatic N) is 4. The zero-order chi connectivity index (χ0) is 19.4. The molecule has 3 rings (SSSR count). The number of piperazine rings is 1. The average molecular weight is 391 g/mol. The van der Waals surface area contributed by atoms with Crippen molar-refractivity contribution in [1.29, 1.82) is 0 Å². The molecule has 7 nitrogen and oxygen atoms in total. The third kappa shape index (κ3) is 5.17. The van der Waals surface area contributed by atoms with E-state index in [4.69, 9.17) is 4.74 Å². The standard InChI is InChI=1S/C19H26N4O3S/c1-15(2)26-19-13-18(20-16(3)21-19)22-9-11-23(12-10-22)27(24,25)14-17-7-5-4-6-8-17/h4-8,13,15H,9-12,14H2,1-3H3. The van der Waals surface area contributed by atoms with Gasteiger partial charge in [-0.25, -0.2) is 13.4 Å². The highest BCUT2D eigenvalue weighted by atomic mass is 32.2. The largest absolute Gasteiger partial charge is 0.475 e. The van der Waals surface area contributed by atoms with E-state index in [1.54, 1.807) is 4.31 Å². The van der Waals surface area contributed by atoms with Gasteiger partial charge in [-0.15, -0.1) is 0 Å². The second-order valence-corrected chi connectivity index (χ2v) is 8.88. The Morgan fingerprint density at radius 2 is 1.74 bits per heavy atom. The molecule has 0 spiro atoms. The van der Waals surface area contributed by atoms with Crippen LogP contribution in [0.2, 0.25) is 0 Å². The molecule has 1 aliphatic rings. The average Bonchev–Trinajstić information content (AvgIpc) is 2.61. The molecule has 0 saturated carbocycles. The van der Waals surface area contributed by atoms with E-state index in [2.05, 4.69) is 14.9 Å². The van der Waals surface area contributed by atoms with Crippen LogP contribution < -0.4 is 9.64 Å². The van der Waals surface area contributed by atoms with Crippen molar-refractivity contribution in [2.24, 2.45) is 0 Å². The number of anilines is 1. The molecule has 0 N–H and O–H groups in total. The van der Waals surface area contributed by atoms with Crippen LogP contribution in [-0.4, -0.2) is 55.0 Å². The van der Waals surface area contributed by atoms with Gasteiger partial charge in [0.2, 0.25) is 15.9 Å². The Morgan fingerprint density at radius 3 is 2.37 bits per heavy atom. The van der Waals surface area contributed by atoms with E-state index in [9.17, 15) is 8.42 Å². The first-order chi connectivity index (χ1) is 12.8. The minimum Gasteiger partial charge on any atom is -0.475 e. The fraction of sp³-hybridized carbons (Fsp3) is 0.474. The Balaban J connectivity index is 1.66. The van der Waals surface area contributed by atoms with Gasteiger partial charge in [-0.05, 0) is 26.3 Å². The lowest BCUT2D eigenvalue weighted by molar-refractivity contribution is 0.231. The smallest absolute Gasteiger partial charge is 0.218 e. The van der Waals surface area contributed by atoms with Gasteiger partial charge >= 0.3 is 0 Å². The van der Waals surface area contributed by atoms with Crippen LogP contribution in [0.4, 0.5) is 5.82 Å². The summed E-state index contributed by atoms with van der Waals surface area (Å²) in [5, 5.41) is 0. The summed E-state index contributed by atoms with van der Waals surface area (Å²) in [6.45, 7) is 7.80. The molecule has 0 amide bonds. The van der Waals surface area contributed by atoms with Gasteiger partial charge in [0.1, 0.15) is 11.6 Å². The molecule has 0 atom stereocenters. The van der Waals surface area contributed by atoms with Gasteiger partial charge in [-0.2, -0.15) is 9.29 Å². The molecular formula is C19H26N4O3S. The second kappa shape index (κ2) is 8.22. The molecule has 1 aromatic heterocycles. The van der Waals surface area contributed by atoms with E-state index < -0.39 is 10.0 Å². The zero-order valence-corrected chi connectivity index (χ0v) is 16.8. The first kappa shape index (κ1) is 19.6. The van der Waals surface area contributed by atoms with Gasteiger partial charge in [0.25, 0.3) is 0 Å². The van der Waals surface area contributed by atoms with E-state index >= 15 is 0 Å². The number of aryl methyl sites for hydroxylation is 1. The lowest BCUT2D eigenvalue weighted by Crippen LogP contribution is -2.49. The van der Waals surface area contributed by atoms with Gasteiger partial charge < -0.3 is 9.64 Å². The predicted molar refractivity (Wildman–Crippen MR) is 105 cm³/mol. The molecule has 1 saturated heterocycles. The lowest BCUT2D eigenvalue weighted by atomic mass is 10.2. The maximum absolute atomic E-state index is 12.7. The first-order valence-electron chi connectivity index (χ1n) is 9.12. The van der Waals surface area contributed by atoms with Crippen LogP contribution in [-0.2, 0) is 15.8 Å². The molecule has 1 aromatic carbocycles. The zero-order valence-electron chi connectivity index (χ0n) is 16.0. The number of rotatable bonds is 6. The van der Waals surface area contributed by atoms with E-state index in [0.717, 1.165) is 11.4 Å². The first-order valence-corrected chi connectivity index (χ1v) is 10.7. The van der Waals surface area contributed by atoms with E-state index in [-0.39, 0.29) is 11.9 Å². The van der Waals surface area contributed by atoms with Crippen molar-refractivity contribution in [2.75, 3.05) is 31.1 Å². The number of benzene rings is 1. The number of sulfonamides is 1. The fourth-order valence-electron chi connectivity index (χ4n) is 3.06. The number of aromatic nitrogens is 2.